The molecular formula is C23H25N7O6S. The molecule has 0 saturated carbocycles. The zero-order chi connectivity index (χ0) is 26.3. The van der Waals surface area contributed by atoms with Gasteiger partial charge in [-0.05, 0) is 19.8 Å². The number of fused-ring (bicyclic) bond motifs is 1. The molecule has 1 fully saturated rings. The second kappa shape index (κ2) is 9.76. The Morgan fingerprint density at radius 1 is 1.19 bits per heavy atom. The standard InChI is InChI=1S/C23H25N7O6S/c1-4-35-22(33)14-9-16(36-26-14)15-11-37-20(25-15)13-5-7-29(8-6-13)17(31)10-30-12-24-19-18(30)21(32)28(3)23(34)27(19)2/h9,11-13H,4-8,10H2,1-3H3. The third-order valence-corrected chi connectivity index (χ3v) is 7.50. The van der Waals surface area contributed by atoms with E-state index in [0.29, 0.717) is 24.5 Å². The number of likely N-dealkylation sites (tertiary alicyclic amines) is 1. The van der Waals surface area contributed by atoms with Crippen molar-refractivity contribution in [2.75, 3.05) is 19.7 Å². The topological polar surface area (TPSA) is 147 Å². The molecule has 1 saturated heterocycles. The highest BCUT2D eigenvalue weighted by Crippen LogP contribution is 2.33. The van der Waals surface area contributed by atoms with Crippen LogP contribution in [0.4, 0.5) is 0 Å². The van der Waals surface area contributed by atoms with Crippen LogP contribution < -0.4 is 11.2 Å². The van der Waals surface area contributed by atoms with Gasteiger partial charge in [-0.1, -0.05) is 5.16 Å². The van der Waals surface area contributed by atoms with E-state index in [1.165, 1.54) is 39.9 Å². The van der Waals surface area contributed by atoms with Crippen LogP contribution in [0.25, 0.3) is 22.6 Å². The van der Waals surface area contributed by atoms with Crippen LogP contribution in [0, 0.1) is 0 Å². The predicted molar refractivity (Wildman–Crippen MR) is 132 cm³/mol. The Morgan fingerprint density at radius 3 is 2.68 bits per heavy atom. The van der Waals surface area contributed by atoms with Crippen LogP contribution in [0.5, 0.6) is 0 Å². The number of carbonyl (C=O) groups is 2. The summed E-state index contributed by atoms with van der Waals surface area (Å²) < 4.78 is 14.0. The van der Waals surface area contributed by atoms with Crippen LogP contribution in [0.15, 0.2) is 31.9 Å². The highest BCUT2D eigenvalue weighted by molar-refractivity contribution is 7.10. The molecule has 0 radical (unpaired) electrons. The van der Waals surface area contributed by atoms with Crippen molar-refractivity contribution in [1.29, 1.82) is 0 Å². The van der Waals surface area contributed by atoms with E-state index in [0.717, 1.165) is 22.4 Å². The molecule has 1 amide bonds. The predicted octanol–water partition coefficient (Wildman–Crippen LogP) is 1.13. The van der Waals surface area contributed by atoms with Gasteiger partial charge in [0.1, 0.15) is 12.2 Å². The Hall–Kier alpha value is -4.07. The fraction of sp³-hybridized carbons (Fsp3) is 0.435. The van der Waals surface area contributed by atoms with Crippen molar-refractivity contribution >= 4 is 34.4 Å². The van der Waals surface area contributed by atoms with Crippen molar-refractivity contribution in [2.45, 2.75) is 32.2 Å². The lowest BCUT2D eigenvalue weighted by molar-refractivity contribution is -0.132. The quantitative estimate of drug-likeness (QED) is 0.337. The number of aromatic nitrogens is 6. The maximum atomic E-state index is 13.0. The highest BCUT2D eigenvalue weighted by atomic mass is 32.1. The van der Waals surface area contributed by atoms with E-state index in [9.17, 15) is 19.2 Å². The number of thiazole rings is 1. The molecule has 1 aliphatic rings. The van der Waals surface area contributed by atoms with Gasteiger partial charge in [0.15, 0.2) is 22.6 Å². The van der Waals surface area contributed by atoms with Crippen LogP contribution in [-0.4, -0.2) is 65.3 Å². The largest absolute Gasteiger partial charge is 0.461 e. The van der Waals surface area contributed by atoms with Crippen LogP contribution >= 0.6 is 11.3 Å². The fourth-order valence-electron chi connectivity index (χ4n) is 4.42. The minimum atomic E-state index is -0.543. The van der Waals surface area contributed by atoms with Crippen molar-refractivity contribution in [3.05, 3.63) is 49.3 Å². The third-order valence-electron chi connectivity index (χ3n) is 6.49. The zero-order valence-electron chi connectivity index (χ0n) is 20.5. The summed E-state index contributed by atoms with van der Waals surface area (Å²) in [6.07, 6.45) is 2.90. The first kappa shape index (κ1) is 24.6. The Kier molecular flexibility index (Phi) is 6.50. The summed E-state index contributed by atoms with van der Waals surface area (Å²) in [6, 6.07) is 1.52. The lowest BCUT2D eigenvalue weighted by atomic mass is 9.97. The van der Waals surface area contributed by atoms with Crippen LogP contribution in [-0.2, 0) is 30.2 Å². The number of piperidine rings is 1. The summed E-state index contributed by atoms with van der Waals surface area (Å²) >= 11 is 1.50. The molecule has 4 aromatic heterocycles. The first-order valence-electron chi connectivity index (χ1n) is 11.8. The second-order valence-corrected chi connectivity index (χ2v) is 9.66. The molecule has 5 heterocycles. The van der Waals surface area contributed by atoms with Gasteiger partial charge in [-0.15, -0.1) is 11.3 Å². The molecule has 194 valence electrons. The van der Waals surface area contributed by atoms with E-state index in [1.807, 2.05) is 5.38 Å². The fourth-order valence-corrected chi connectivity index (χ4v) is 5.40. The van der Waals surface area contributed by atoms with Crippen molar-refractivity contribution in [3.8, 4) is 11.5 Å². The van der Waals surface area contributed by atoms with E-state index < -0.39 is 17.2 Å². The molecule has 5 rings (SSSR count). The summed E-state index contributed by atoms with van der Waals surface area (Å²) in [5, 5.41) is 6.55. The molecule has 4 aromatic rings. The Labute approximate surface area is 213 Å². The number of ether oxygens (including phenoxy) is 1. The van der Waals surface area contributed by atoms with E-state index in [1.54, 1.807) is 18.9 Å². The van der Waals surface area contributed by atoms with Gasteiger partial charge in [-0.25, -0.2) is 19.6 Å². The van der Waals surface area contributed by atoms with Crippen molar-refractivity contribution in [2.24, 2.45) is 14.1 Å². The lowest BCUT2D eigenvalue weighted by Crippen LogP contribution is -2.40. The smallest absolute Gasteiger partial charge is 0.360 e. The van der Waals surface area contributed by atoms with Gasteiger partial charge >= 0.3 is 11.7 Å². The van der Waals surface area contributed by atoms with Crippen molar-refractivity contribution in [1.82, 2.24) is 33.7 Å². The molecule has 13 nitrogen and oxygen atoms in total. The summed E-state index contributed by atoms with van der Waals surface area (Å²) in [6.45, 7) is 3.04. The highest BCUT2D eigenvalue weighted by Gasteiger charge is 2.27. The molecule has 37 heavy (non-hydrogen) atoms. The summed E-state index contributed by atoms with van der Waals surface area (Å²) in [5.74, 6) is -0.0831. The zero-order valence-corrected chi connectivity index (χ0v) is 21.4. The molecule has 0 unspecified atom stereocenters. The maximum absolute atomic E-state index is 13.0. The SMILES string of the molecule is CCOC(=O)c1cc(-c2csc(C3CCN(C(=O)Cn4cnc5c4c(=O)n(C)c(=O)n5C)CC3)n2)on1. The monoisotopic (exact) mass is 527 g/mol. The number of imidazole rings is 1. The number of rotatable bonds is 6. The number of aryl methyl sites for hydroxylation is 1. The molecule has 0 N–H and O–H groups in total. The molecule has 1 aliphatic heterocycles. The van der Waals surface area contributed by atoms with Crippen LogP contribution in [0.3, 0.4) is 0 Å². The molecular weight excluding hydrogens is 502 g/mol. The van der Waals surface area contributed by atoms with Gasteiger partial charge in [0.05, 0.1) is 17.9 Å². The molecule has 0 aromatic carbocycles. The first-order chi connectivity index (χ1) is 17.8. The van der Waals surface area contributed by atoms with Gasteiger partial charge in [0.2, 0.25) is 5.91 Å². The first-order valence-corrected chi connectivity index (χ1v) is 12.6. The minimum Gasteiger partial charge on any atom is -0.461 e. The number of hydrogen-bond acceptors (Lipinski definition) is 10. The van der Waals surface area contributed by atoms with Crippen LogP contribution in [0.1, 0.15) is 41.2 Å². The number of esters is 1. The minimum absolute atomic E-state index is 0.0374. The number of carbonyl (C=O) groups excluding carboxylic acids is 2. The summed E-state index contributed by atoms with van der Waals surface area (Å²) in [7, 11) is 2.94. The van der Waals surface area contributed by atoms with Gasteiger partial charge in [0, 0.05) is 44.5 Å². The van der Waals surface area contributed by atoms with E-state index in [-0.39, 0.29) is 41.8 Å². The van der Waals surface area contributed by atoms with Crippen molar-refractivity contribution in [3.63, 3.8) is 0 Å². The van der Waals surface area contributed by atoms with Gasteiger partial charge < -0.3 is 18.7 Å². The molecule has 14 heteroatoms. The summed E-state index contributed by atoms with van der Waals surface area (Å²) in [4.78, 5) is 60.2. The average Bonchev–Trinajstić information content (AvgIpc) is 3.66. The van der Waals surface area contributed by atoms with Gasteiger partial charge in [-0.3, -0.25) is 18.7 Å². The Balaban J connectivity index is 1.23. The molecule has 0 atom stereocenters. The number of nitrogens with zero attached hydrogens (tertiary/aromatic N) is 7. The van der Waals surface area contributed by atoms with E-state index in [4.69, 9.17) is 9.26 Å². The Bertz CT molecular complexity index is 1600. The number of hydrogen-bond donors (Lipinski definition) is 0. The maximum Gasteiger partial charge on any atom is 0.360 e. The molecule has 0 aliphatic carbocycles. The van der Waals surface area contributed by atoms with Crippen molar-refractivity contribution < 1.29 is 18.8 Å². The summed E-state index contributed by atoms with van der Waals surface area (Å²) in [5.41, 5.74) is 0.225. The third kappa shape index (κ3) is 4.48. The Morgan fingerprint density at radius 2 is 1.95 bits per heavy atom. The van der Waals surface area contributed by atoms with Gasteiger partial charge in [0.25, 0.3) is 5.56 Å². The lowest BCUT2D eigenvalue weighted by Gasteiger charge is -2.31. The van der Waals surface area contributed by atoms with Gasteiger partial charge in [-0.2, -0.15) is 0 Å². The molecule has 0 bridgehead atoms. The average molecular weight is 528 g/mol. The van der Waals surface area contributed by atoms with E-state index in [2.05, 4.69) is 15.1 Å². The second-order valence-electron chi connectivity index (χ2n) is 8.77. The van der Waals surface area contributed by atoms with Crippen LogP contribution in [0.2, 0.25) is 0 Å². The normalized spacial score (nSPS) is 14.4. The molecule has 0 spiro atoms. The number of amides is 1. The van der Waals surface area contributed by atoms with E-state index >= 15 is 0 Å².